The van der Waals surface area contributed by atoms with Crippen LogP contribution in [0, 0.1) is 0 Å². The van der Waals surface area contributed by atoms with Gasteiger partial charge < -0.3 is 28.6 Å². The van der Waals surface area contributed by atoms with Gasteiger partial charge in [0.05, 0.1) is 40.3 Å². The molecule has 0 rings (SSSR count). The van der Waals surface area contributed by atoms with Gasteiger partial charge in [-0.25, -0.2) is 0 Å². The number of carbonyl (C=O) groups is 3. The lowest BCUT2D eigenvalue weighted by Crippen LogP contribution is -2.55. The lowest BCUT2D eigenvalue weighted by atomic mass is 10.0. The smallest absolute Gasteiger partial charge is 0.306 e. The third kappa shape index (κ3) is 45.4. The number of quaternary nitrogens is 1. The summed E-state index contributed by atoms with van der Waals surface area (Å²) in [5, 5.41) is 11.7. The van der Waals surface area contributed by atoms with Crippen LogP contribution in [0.2, 0.25) is 0 Å². The highest BCUT2D eigenvalue weighted by Crippen LogP contribution is 2.15. The lowest BCUT2D eigenvalue weighted by molar-refractivity contribution is -0.889. The Morgan fingerprint density at radius 1 is 0.470 bits per heavy atom. The van der Waals surface area contributed by atoms with Gasteiger partial charge in [-0.1, -0.05) is 220 Å². The van der Waals surface area contributed by atoms with E-state index in [4.69, 9.17) is 14.2 Å². The zero-order valence-corrected chi connectivity index (χ0v) is 42.8. The molecule has 0 bridgehead atoms. The molecule has 8 nitrogen and oxygen atoms in total. The van der Waals surface area contributed by atoms with Crippen molar-refractivity contribution >= 4 is 17.9 Å². The fourth-order valence-electron chi connectivity index (χ4n) is 7.34. The Hall–Kier alpha value is -3.75. The summed E-state index contributed by atoms with van der Waals surface area (Å²) in [7, 11) is 5.39. The standard InChI is InChI=1S/C58H97NO7/c1-6-8-10-12-14-16-18-20-22-24-26-27-28-29-31-32-34-36-38-40-42-44-46-48-56(60)65-53-54(52-64-51-50-55(58(62)63)59(3,4)5)66-57(61)49-47-45-43-41-39-37-35-33-30-25-23-21-19-17-15-13-11-9-7-2/h9,11,13,15,17,19,21,23,25,29-31,33,35,37,39,54-55H,6-8,10,12,14,16,18,20,22,24,26-28,32,34,36,38,40-53H2,1-5H3/b11-9+,15-13+,19-17+,23-21+,30-25+,31-29+,35-33+,39-37+. The van der Waals surface area contributed by atoms with E-state index in [-0.39, 0.29) is 49.1 Å². The predicted octanol–water partition coefficient (Wildman–Crippen LogP) is 14.1. The number of hydrogen-bond donors (Lipinski definition) is 0. The molecule has 0 aliphatic heterocycles. The molecule has 0 spiro atoms. The van der Waals surface area contributed by atoms with Crippen LogP contribution >= 0.6 is 0 Å². The van der Waals surface area contributed by atoms with Gasteiger partial charge in [0, 0.05) is 19.3 Å². The molecule has 8 heteroatoms. The molecule has 0 amide bonds. The van der Waals surface area contributed by atoms with E-state index in [1.807, 2.05) is 72.9 Å². The average molecular weight is 920 g/mol. The number of ether oxygens (including phenoxy) is 3. The molecule has 0 aliphatic rings. The first kappa shape index (κ1) is 62.2. The number of rotatable bonds is 46. The number of carbonyl (C=O) groups excluding carboxylic acids is 3. The molecule has 0 fully saturated rings. The van der Waals surface area contributed by atoms with Crippen LogP contribution in [0.1, 0.15) is 200 Å². The highest BCUT2D eigenvalue weighted by Gasteiger charge is 2.25. The van der Waals surface area contributed by atoms with Gasteiger partial charge in [-0.15, -0.1) is 0 Å². The minimum Gasteiger partial charge on any atom is -0.544 e. The Labute approximate surface area is 405 Å². The summed E-state index contributed by atoms with van der Waals surface area (Å²) in [4.78, 5) is 37.1. The zero-order valence-electron chi connectivity index (χ0n) is 42.8. The van der Waals surface area contributed by atoms with Crippen molar-refractivity contribution in [3.63, 3.8) is 0 Å². The van der Waals surface area contributed by atoms with Gasteiger partial charge in [0.25, 0.3) is 0 Å². The molecule has 0 aromatic carbocycles. The van der Waals surface area contributed by atoms with Gasteiger partial charge in [0.1, 0.15) is 12.6 Å². The average Bonchev–Trinajstić information content (AvgIpc) is 3.28. The molecular formula is C58H97NO7. The summed E-state index contributed by atoms with van der Waals surface area (Å²) in [5.41, 5.74) is 0. The zero-order chi connectivity index (χ0) is 48.4. The molecule has 376 valence electrons. The van der Waals surface area contributed by atoms with Gasteiger partial charge in [0.2, 0.25) is 0 Å². The van der Waals surface area contributed by atoms with E-state index in [0.29, 0.717) is 12.8 Å². The predicted molar refractivity (Wildman–Crippen MR) is 277 cm³/mol. The number of hydrogen-bond acceptors (Lipinski definition) is 7. The van der Waals surface area contributed by atoms with Crippen LogP contribution in [0.4, 0.5) is 0 Å². The van der Waals surface area contributed by atoms with E-state index >= 15 is 0 Å². The number of carboxylic acids is 1. The molecule has 0 radical (unpaired) electrons. The molecular weight excluding hydrogens is 823 g/mol. The molecule has 0 aromatic rings. The number of allylic oxidation sites excluding steroid dienone is 16. The third-order valence-corrected chi connectivity index (χ3v) is 11.4. The Kier molecular flexibility index (Phi) is 45.0. The highest BCUT2D eigenvalue weighted by molar-refractivity contribution is 5.70. The number of esters is 2. The summed E-state index contributed by atoms with van der Waals surface area (Å²) in [6.45, 7) is 4.47. The quantitative estimate of drug-likeness (QED) is 0.0197. The van der Waals surface area contributed by atoms with E-state index in [9.17, 15) is 19.5 Å². The summed E-state index contributed by atoms with van der Waals surface area (Å²) in [6, 6.07) is -0.742. The third-order valence-electron chi connectivity index (χ3n) is 11.4. The minimum absolute atomic E-state index is 0.0147. The maximum absolute atomic E-state index is 12.8. The summed E-state index contributed by atoms with van der Waals surface area (Å²) in [5.74, 6) is -1.81. The van der Waals surface area contributed by atoms with Crippen LogP contribution in [-0.4, -0.2) is 75.5 Å². The Morgan fingerprint density at radius 3 is 1.32 bits per heavy atom. The van der Waals surface area contributed by atoms with Gasteiger partial charge in [-0.2, -0.15) is 0 Å². The fourth-order valence-corrected chi connectivity index (χ4v) is 7.34. The molecule has 0 aromatic heterocycles. The van der Waals surface area contributed by atoms with Crippen molar-refractivity contribution in [2.75, 3.05) is 41.0 Å². The van der Waals surface area contributed by atoms with Crippen molar-refractivity contribution in [2.45, 2.75) is 212 Å². The Bertz CT molecular complexity index is 1400. The second-order valence-electron chi connectivity index (χ2n) is 18.6. The second kappa shape index (κ2) is 47.7. The van der Waals surface area contributed by atoms with E-state index in [1.54, 1.807) is 21.1 Å². The maximum Gasteiger partial charge on any atom is 0.306 e. The molecule has 0 saturated carbocycles. The normalized spacial score (nSPS) is 13.7. The van der Waals surface area contributed by atoms with Gasteiger partial charge in [-0.3, -0.25) is 9.59 Å². The largest absolute Gasteiger partial charge is 0.544 e. The molecule has 0 aliphatic carbocycles. The first-order chi connectivity index (χ1) is 32.1. The fraction of sp³-hybridized carbons (Fsp3) is 0.672. The van der Waals surface area contributed by atoms with Crippen molar-refractivity contribution in [1.29, 1.82) is 0 Å². The molecule has 66 heavy (non-hydrogen) atoms. The van der Waals surface area contributed by atoms with E-state index in [2.05, 4.69) is 38.2 Å². The van der Waals surface area contributed by atoms with Crippen LogP contribution in [-0.2, 0) is 28.6 Å². The van der Waals surface area contributed by atoms with Gasteiger partial charge in [-0.05, 0) is 57.8 Å². The number of likely N-dealkylation sites (N-methyl/N-ethyl adjacent to an activating group) is 1. The summed E-state index contributed by atoms with van der Waals surface area (Å²) < 4.78 is 17.2. The number of unbranched alkanes of at least 4 members (excludes halogenated alkanes) is 22. The first-order valence-electron chi connectivity index (χ1n) is 26.4. The topological polar surface area (TPSA) is 102 Å². The van der Waals surface area contributed by atoms with Crippen LogP contribution in [0.25, 0.3) is 0 Å². The first-order valence-corrected chi connectivity index (χ1v) is 26.4. The SMILES string of the molecule is CC/C=C/C=C/C=C/C=C/C=C/C=C/C=C/CCCCCC(=O)OC(COCCC(C(=O)[O-])[N+](C)(C)C)COC(=O)CCCCCCCCC/C=C/CCCCCCCCCCCCCC. The Morgan fingerprint density at radius 2 is 0.864 bits per heavy atom. The molecule has 2 unspecified atom stereocenters. The van der Waals surface area contributed by atoms with Crippen LogP contribution in [0.5, 0.6) is 0 Å². The maximum atomic E-state index is 12.8. The summed E-state index contributed by atoms with van der Waals surface area (Å²) >= 11 is 0. The van der Waals surface area contributed by atoms with Gasteiger partial charge in [0.15, 0.2) is 6.10 Å². The lowest BCUT2D eigenvalue weighted by Gasteiger charge is -2.34. The van der Waals surface area contributed by atoms with Crippen LogP contribution in [0.3, 0.4) is 0 Å². The van der Waals surface area contributed by atoms with Crippen molar-refractivity contribution < 1.29 is 38.2 Å². The highest BCUT2D eigenvalue weighted by atomic mass is 16.6. The molecule has 0 N–H and O–H groups in total. The minimum atomic E-state index is -1.14. The number of aliphatic carboxylic acids is 1. The van der Waals surface area contributed by atoms with Crippen molar-refractivity contribution in [3.05, 3.63) is 97.2 Å². The summed E-state index contributed by atoms with van der Waals surface area (Å²) in [6.07, 6.45) is 64.4. The number of nitrogens with zero attached hydrogens (tertiary/aromatic N) is 1. The molecule has 0 heterocycles. The monoisotopic (exact) mass is 920 g/mol. The van der Waals surface area contributed by atoms with Crippen molar-refractivity contribution in [2.24, 2.45) is 0 Å². The van der Waals surface area contributed by atoms with E-state index in [0.717, 1.165) is 44.9 Å². The van der Waals surface area contributed by atoms with Gasteiger partial charge >= 0.3 is 11.9 Å². The second-order valence-corrected chi connectivity index (χ2v) is 18.6. The number of carboxylic acid groups (broad SMARTS) is 1. The van der Waals surface area contributed by atoms with Crippen LogP contribution in [0.15, 0.2) is 97.2 Å². The van der Waals surface area contributed by atoms with Crippen molar-refractivity contribution in [1.82, 2.24) is 0 Å². The van der Waals surface area contributed by atoms with E-state index in [1.165, 1.54) is 116 Å². The van der Waals surface area contributed by atoms with Crippen molar-refractivity contribution in [3.8, 4) is 0 Å². The Balaban J connectivity index is 4.32. The molecule has 0 saturated heterocycles. The van der Waals surface area contributed by atoms with E-state index < -0.39 is 18.1 Å². The van der Waals surface area contributed by atoms with Crippen LogP contribution < -0.4 is 5.11 Å². The molecule has 2 atom stereocenters.